The second-order valence-corrected chi connectivity index (χ2v) is 4.99. The molecule has 0 amide bonds. The van der Waals surface area contributed by atoms with E-state index in [1.54, 1.807) is 0 Å². The molecule has 1 aliphatic heterocycles. The van der Waals surface area contributed by atoms with Crippen LogP contribution < -0.4 is 10.2 Å². The maximum absolute atomic E-state index is 3.42. The summed E-state index contributed by atoms with van der Waals surface area (Å²) in [6.45, 7) is 10.1. The van der Waals surface area contributed by atoms with E-state index >= 15 is 0 Å². The molecule has 0 aromatic heterocycles. The van der Waals surface area contributed by atoms with Gasteiger partial charge in [0.05, 0.1) is 0 Å². The molecule has 0 saturated carbocycles. The minimum atomic E-state index is 0.596. The lowest BCUT2D eigenvalue weighted by atomic mass is 10.0. The average Bonchev–Trinajstić information content (AvgIpc) is 2.30. The van der Waals surface area contributed by atoms with Crippen molar-refractivity contribution >= 4 is 5.69 Å². The monoisotopic (exact) mass is 218 g/mol. The molecule has 1 fully saturated rings. The van der Waals surface area contributed by atoms with E-state index in [1.807, 2.05) is 0 Å². The highest BCUT2D eigenvalue weighted by Gasteiger charge is 2.17. The van der Waals surface area contributed by atoms with Gasteiger partial charge < -0.3 is 10.2 Å². The molecule has 1 heterocycles. The fourth-order valence-corrected chi connectivity index (χ4v) is 2.28. The van der Waals surface area contributed by atoms with Crippen molar-refractivity contribution in [3.8, 4) is 0 Å². The lowest BCUT2D eigenvalue weighted by molar-refractivity contribution is 0.501. The fourth-order valence-electron chi connectivity index (χ4n) is 2.28. The smallest absolute Gasteiger partial charge is 0.0386 e. The Morgan fingerprint density at radius 2 is 1.94 bits per heavy atom. The molecular weight excluding hydrogens is 196 g/mol. The highest BCUT2D eigenvalue weighted by atomic mass is 15.2. The Bertz CT molecular complexity index is 329. The summed E-state index contributed by atoms with van der Waals surface area (Å²) in [7, 11) is 0. The van der Waals surface area contributed by atoms with Gasteiger partial charge in [0.15, 0.2) is 0 Å². The van der Waals surface area contributed by atoms with Crippen molar-refractivity contribution in [3.63, 3.8) is 0 Å². The van der Waals surface area contributed by atoms with Crippen LogP contribution in [0.1, 0.15) is 32.3 Å². The number of anilines is 1. The van der Waals surface area contributed by atoms with Crippen molar-refractivity contribution in [2.75, 3.05) is 24.5 Å². The summed E-state index contributed by atoms with van der Waals surface area (Å²) in [6, 6.07) is 9.64. The van der Waals surface area contributed by atoms with Crippen LogP contribution in [0.15, 0.2) is 24.3 Å². The van der Waals surface area contributed by atoms with Crippen LogP contribution in [0.25, 0.3) is 0 Å². The minimum absolute atomic E-state index is 0.596. The molecule has 1 aromatic rings. The van der Waals surface area contributed by atoms with Crippen molar-refractivity contribution < 1.29 is 0 Å². The molecule has 16 heavy (non-hydrogen) atoms. The van der Waals surface area contributed by atoms with Crippen molar-refractivity contribution in [1.82, 2.24) is 5.32 Å². The van der Waals surface area contributed by atoms with E-state index < -0.39 is 0 Å². The molecule has 1 unspecified atom stereocenters. The molecule has 2 nitrogen and oxygen atoms in total. The number of nitrogens with zero attached hydrogens (tertiary/aromatic N) is 1. The van der Waals surface area contributed by atoms with Crippen molar-refractivity contribution in [1.29, 1.82) is 0 Å². The third kappa shape index (κ3) is 2.38. The lowest BCUT2D eigenvalue weighted by Crippen LogP contribution is -2.49. The van der Waals surface area contributed by atoms with Crippen LogP contribution in [0.4, 0.5) is 5.69 Å². The van der Waals surface area contributed by atoms with Crippen molar-refractivity contribution in [2.24, 2.45) is 0 Å². The third-order valence-corrected chi connectivity index (χ3v) is 3.39. The molecule has 1 atom stereocenters. The van der Waals surface area contributed by atoms with Gasteiger partial charge in [0.25, 0.3) is 0 Å². The van der Waals surface area contributed by atoms with Crippen LogP contribution in [0.2, 0.25) is 0 Å². The van der Waals surface area contributed by atoms with Gasteiger partial charge in [-0.2, -0.15) is 0 Å². The number of hydrogen-bond donors (Lipinski definition) is 1. The summed E-state index contributed by atoms with van der Waals surface area (Å²) < 4.78 is 0. The summed E-state index contributed by atoms with van der Waals surface area (Å²) >= 11 is 0. The first-order valence-electron chi connectivity index (χ1n) is 6.26. The highest BCUT2D eigenvalue weighted by Crippen LogP contribution is 2.22. The number of benzene rings is 1. The van der Waals surface area contributed by atoms with E-state index in [0.717, 1.165) is 19.6 Å². The van der Waals surface area contributed by atoms with E-state index in [4.69, 9.17) is 0 Å². The van der Waals surface area contributed by atoms with Gasteiger partial charge in [-0.25, -0.2) is 0 Å². The predicted octanol–water partition coefficient (Wildman–Crippen LogP) is 2.61. The SMILES string of the molecule is CC(C)c1ccc(N2CCNCC2C)cc1. The Balaban J connectivity index is 2.14. The topological polar surface area (TPSA) is 15.3 Å². The molecule has 0 radical (unpaired) electrons. The molecular formula is C14H22N2. The Morgan fingerprint density at radius 1 is 1.25 bits per heavy atom. The molecule has 1 aliphatic rings. The standard InChI is InChI=1S/C14H22N2/c1-11(2)13-4-6-14(7-5-13)16-9-8-15-10-12(16)3/h4-7,11-12,15H,8-10H2,1-3H3. The first-order valence-corrected chi connectivity index (χ1v) is 6.26. The molecule has 0 spiro atoms. The molecule has 1 aromatic carbocycles. The van der Waals surface area contributed by atoms with Crippen molar-refractivity contribution in [2.45, 2.75) is 32.7 Å². The number of piperazine rings is 1. The van der Waals surface area contributed by atoms with E-state index in [1.165, 1.54) is 11.3 Å². The first-order chi connectivity index (χ1) is 7.68. The Hall–Kier alpha value is -1.02. The number of rotatable bonds is 2. The van der Waals surface area contributed by atoms with Gasteiger partial charge >= 0.3 is 0 Å². The van der Waals surface area contributed by atoms with E-state index in [9.17, 15) is 0 Å². The van der Waals surface area contributed by atoms with E-state index in [0.29, 0.717) is 12.0 Å². The third-order valence-electron chi connectivity index (χ3n) is 3.39. The Kier molecular flexibility index (Phi) is 3.49. The van der Waals surface area contributed by atoms with Crippen LogP contribution in [0.3, 0.4) is 0 Å². The second-order valence-electron chi connectivity index (χ2n) is 4.99. The normalized spacial score (nSPS) is 21.5. The summed E-state index contributed by atoms with van der Waals surface area (Å²) in [5.41, 5.74) is 2.78. The largest absolute Gasteiger partial charge is 0.366 e. The zero-order valence-corrected chi connectivity index (χ0v) is 10.5. The quantitative estimate of drug-likeness (QED) is 0.821. The summed E-state index contributed by atoms with van der Waals surface area (Å²) in [5.74, 6) is 0.620. The lowest BCUT2D eigenvalue weighted by Gasteiger charge is -2.36. The molecule has 0 bridgehead atoms. The fraction of sp³-hybridized carbons (Fsp3) is 0.571. The van der Waals surface area contributed by atoms with Gasteiger partial charge in [-0.05, 0) is 30.5 Å². The maximum atomic E-state index is 3.42. The molecule has 1 saturated heterocycles. The molecule has 2 heteroatoms. The van der Waals surface area contributed by atoms with Gasteiger partial charge in [0.1, 0.15) is 0 Å². The van der Waals surface area contributed by atoms with Crippen LogP contribution in [-0.2, 0) is 0 Å². The first kappa shape index (κ1) is 11.5. The van der Waals surface area contributed by atoms with Gasteiger partial charge in [-0.1, -0.05) is 26.0 Å². The zero-order chi connectivity index (χ0) is 11.5. The summed E-state index contributed by atoms with van der Waals surface area (Å²) in [5, 5.41) is 3.42. The Labute approximate surface area is 98.7 Å². The maximum Gasteiger partial charge on any atom is 0.0386 e. The summed E-state index contributed by atoms with van der Waals surface area (Å²) in [6.07, 6.45) is 0. The molecule has 1 N–H and O–H groups in total. The van der Waals surface area contributed by atoms with Crippen LogP contribution in [0, 0.1) is 0 Å². The predicted molar refractivity (Wildman–Crippen MR) is 70.2 cm³/mol. The molecule has 88 valence electrons. The van der Waals surface area contributed by atoms with Gasteiger partial charge in [0.2, 0.25) is 0 Å². The zero-order valence-electron chi connectivity index (χ0n) is 10.5. The van der Waals surface area contributed by atoms with Gasteiger partial charge in [0, 0.05) is 31.4 Å². The molecule has 2 rings (SSSR count). The number of nitrogens with one attached hydrogen (secondary N) is 1. The molecule has 0 aliphatic carbocycles. The van der Waals surface area contributed by atoms with Crippen LogP contribution >= 0.6 is 0 Å². The van der Waals surface area contributed by atoms with E-state index in [2.05, 4.69) is 55.3 Å². The van der Waals surface area contributed by atoms with Crippen LogP contribution in [-0.4, -0.2) is 25.7 Å². The summed E-state index contributed by atoms with van der Waals surface area (Å²) in [4.78, 5) is 2.49. The second kappa shape index (κ2) is 4.88. The van der Waals surface area contributed by atoms with Gasteiger partial charge in [-0.3, -0.25) is 0 Å². The van der Waals surface area contributed by atoms with Crippen LogP contribution in [0.5, 0.6) is 0 Å². The van der Waals surface area contributed by atoms with E-state index in [-0.39, 0.29) is 0 Å². The average molecular weight is 218 g/mol. The Morgan fingerprint density at radius 3 is 2.50 bits per heavy atom. The number of hydrogen-bond acceptors (Lipinski definition) is 2. The minimum Gasteiger partial charge on any atom is -0.366 e. The van der Waals surface area contributed by atoms with Crippen molar-refractivity contribution in [3.05, 3.63) is 29.8 Å². The highest BCUT2D eigenvalue weighted by molar-refractivity contribution is 5.49. The van der Waals surface area contributed by atoms with Gasteiger partial charge in [-0.15, -0.1) is 0 Å².